The highest BCUT2D eigenvalue weighted by Crippen LogP contribution is 2.30. The van der Waals surface area contributed by atoms with Gasteiger partial charge in [0.1, 0.15) is 5.82 Å². The van der Waals surface area contributed by atoms with Gasteiger partial charge >= 0.3 is 0 Å². The molecule has 1 aliphatic rings. The number of hydrogen-bond acceptors (Lipinski definition) is 2. The monoisotopic (exact) mass is 202 g/mol. The van der Waals surface area contributed by atoms with Crippen molar-refractivity contribution in [3.63, 3.8) is 0 Å². The van der Waals surface area contributed by atoms with Crippen molar-refractivity contribution < 1.29 is 4.74 Å². The zero-order chi connectivity index (χ0) is 10.3. The molecule has 1 N–H and O–H groups in total. The molecule has 0 aliphatic carbocycles. The maximum Gasteiger partial charge on any atom is 0.113 e. The molecule has 1 aliphatic heterocycles. The Hall–Kier alpha value is -1.35. The van der Waals surface area contributed by atoms with E-state index >= 15 is 0 Å². The molecule has 1 aromatic heterocycles. The lowest BCUT2D eigenvalue weighted by molar-refractivity contribution is 0.117. The number of fused-ring (bicyclic) bond motifs is 1. The van der Waals surface area contributed by atoms with Crippen LogP contribution in [0.3, 0.4) is 0 Å². The maximum atomic E-state index is 5.56. The first-order chi connectivity index (χ1) is 7.34. The number of nitrogens with zero attached hydrogens (tertiary/aromatic N) is 1. The third-order valence-electron chi connectivity index (χ3n) is 3.14. The molecule has 1 saturated heterocycles. The molecule has 0 bridgehead atoms. The van der Waals surface area contributed by atoms with Crippen molar-refractivity contribution in [2.75, 3.05) is 6.61 Å². The lowest BCUT2D eigenvalue weighted by Crippen LogP contribution is -2.10. The Morgan fingerprint density at radius 2 is 2.27 bits per heavy atom. The highest BCUT2D eigenvalue weighted by molar-refractivity contribution is 5.74. The van der Waals surface area contributed by atoms with Crippen molar-refractivity contribution in [2.45, 2.75) is 25.4 Å². The number of nitrogens with one attached hydrogen (secondary N) is 1. The number of aromatic nitrogens is 2. The zero-order valence-corrected chi connectivity index (χ0v) is 8.73. The van der Waals surface area contributed by atoms with E-state index in [1.54, 1.807) is 0 Å². The quantitative estimate of drug-likeness (QED) is 0.771. The fourth-order valence-corrected chi connectivity index (χ4v) is 2.24. The second-order valence-corrected chi connectivity index (χ2v) is 4.11. The van der Waals surface area contributed by atoms with Crippen LogP contribution in [0.1, 0.15) is 25.1 Å². The number of para-hydroxylation sites is 2. The van der Waals surface area contributed by atoms with Crippen LogP contribution in [-0.2, 0) is 4.74 Å². The summed E-state index contributed by atoms with van der Waals surface area (Å²) in [5.74, 6) is 1.50. The van der Waals surface area contributed by atoms with Gasteiger partial charge in [-0.05, 0) is 25.5 Å². The standard InChI is InChI=1S/C12H14N2O/c1-8-9(6-7-15-8)12-13-10-4-2-3-5-11(10)14-12/h2-5,8-9H,6-7H2,1H3,(H,13,14). The maximum absolute atomic E-state index is 5.56. The molecule has 3 heteroatoms. The Bertz CT molecular complexity index is 444. The Kier molecular flexibility index (Phi) is 1.99. The highest BCUT2D eigenvalue weighted by atomic mass is 16.5. The second kappa shape index (κ2) is 3.35. The Morgan fingerprint density at radius 1 is 1.40 bits per heavy atom. The van der Waals surface area contributed by atoms with Crippen molar-refractivity contribution in [3.05, 3.63) is 30.1 Å². The number of aromatic amines is 1. The Balaban J connectivity index is 2.04. The first-order valence-electron chi connectivity index (χ1n) is 5.41. The molecule has 2 atom stereocenters. The number of benzene rings is 1. The van der Waals surface area contributed by atoms with Crippen molar-refractivity contribution in [3.8, 4) is 0 Å². The predicted octanol–water partition coefficient (Wildman–Crippen LogP) is 2.46. The van der Waals surface area contributed by atoms with Crippen LogP contribution in [-0.4, -0.2) is 22.7 Å². The molecule has 2 heterocycles. The molecular formula is C12H14N2O. The van der Waals surface area contributed by atoms with Gasteiger partial charge in [-0.3, -0.25) is 0 Å². The van der Waals surface area contributed by atoms with E-state index in [0.29, 0.717) is 5.92 Å². The van der Waals surface area contributed by atoms with Gasteiger partial charge in [0.15, 0.2) is 0 Å². The van der Waals surface area contributed by atoms with E-state index in [4.69, 9.17) is 4.74 Å². The summed E-state index contributed by atoms with van der Waals surface area (Å²) in [4.78, 5) is 7.99. The average molecular weight is 202 g/mol. The van der Waals surface area contributed by atoms with Gasteiger partial charge in [-0.15, -0.1) is 0 Å². The fraction of sp³-hybridized carbons (Fsp3) is 0.417. The van der Waals surface area contributed by atoms with E-state index in [1.807, 2.05) is 18.2 Å². The molecule has 2 aromatic rings. The summed E-state index contributed by atoms with van der Waals surface area (Å²) in [5, 5.41) is 0. The summed E-state index contributed by atoms with van der Waals surface area (Å²) < 4.78 is 5.56. The molecule has 2 unspecified atom stereocenters. The van der Waals surface area contributed by atoms with E-state index in [9.17, 15) is 0 Å². The minimum Gasteiger partial charge on any atom is -0.378 e. The predicted molar refractivity (Wildman–Crippen MR) is 58.9 cm³/mol. The third-order valence-corrected chi connectivity index (χ3v) is 3.14. The van der Waals surface area contributed by atoms with Gasteiger partial charge in [0, 0.05) is 12.5 Å². The van der Waals surface area contributed by atoms with E-state index in [0.717, 1.165) is 29.9 Å². The molecule has 0 radical (unpaired) electrons. The topological polar surface area (TPSA) is 37.9 Å². The number of rotatable bonds is 1. The molecule has 3 rings (SSSR count). The smallest absolute Gasteiger partial charge is 0.113 e. The molecule has 15 heavy (non-hydrogen) atoms. The molecule has 78 valence electrons. The van der Waals surface area contributed by atoms with Crippen molar-refractivity contribution in [2.24, 2.45) is 0 Å². The molecule has 0 amide bonds. The van der Waals surface area contributed by atoms with Gasteiger partial charge < -0.3 is 9.72 Å². The number of imidazole rings is 1. The SMILES string of the molecule is CC1OCCC1c1nc2ccccc2[nH]1. The minimum absolute atomic E-state index is 0.283. The van der Waals surface area contributed by atoms with Gasteiger partial charge in [-0.1, -0.05) is 12.1 Å². The van der Waals surface area contributed by atoms with E-state index in [-0.39, 0.29) is 6.10 Å². The van der Waals surface area contributed by atoms with Gasteiger partial charge in [0.2, 0.25) is 0 Å². The molecule has 0 saturated carbocycles. The summed E-state index contributed by atoms with van der Waals surface area (Å²) >= 11 is 0. The van der Waals surface area contributed by atoms with Crippen molar-refractivity contribution in [1.29, 1.82) is 0 Å². The lowest BCUT2D eigenvalue weighted by Gasteiger charge is -2.09. The van der Waals surface area contributed by atoms with Crippen LogP contribution in [0.15, 0.2) is 24.3 Å². The molecule has 3 nitrogen and oxygen atoms in total. The largest absolute Gasteiger partial charge is 0.378 e. The molecule has 0 spiro atoms. The summed E-state index contributed by atoms with van der Waals surface area (Å²) in [7, 11) is 0. The number of ether oxygens (including phenoxy) is 1. The summed E-state index contributed by atoms with van der Waals surface area (Å²) in [6.45, 7) is 2.97. The molecule has 1 fully saturated rings. The first kappa shape index (κ1) is 8.92. The van der Waals surface area contributed by atoms with Crippen LogP contribution < -0.4 is 0 Å². The van der Waals surface area contributed by atoms with Crippen LogP contribution in [0.4, 0.5) is 0 Å². The summed E-state index contributed by atoms with van der Waals surface area (Å²) in [5.41, 5.74) is 2.17. The van der Waals surface area contributed by atoms with Gasteiger partial charge in [0.05, 0.1) is 17.1 Å². The fourth-order valence-electron chi connectivity index (χ4n) is 2.24. The first-order valence-corrected chi connectivity index (χ1v) is 5.41. The second-order valence-electron chi connectivity index (χ2n) is 4.11. The molecular weight excluding hydrogens is 188 g/mol. The number of hydrogen-bond donors (Lipinski definition) is 1. The summed E-state index contributed by atoms with van der Waals surface area (Å²) in [6, 6.07) is 8.14. The lowest BCUT2D eigenvalue weighted by atomic mass is 10.0. The normalized spacial score (nSPS) is 26.2. The van der Waals surface area contributed by atoms with Crippen LogP contribution in [0, 0.1) is 0 Å². The number of H-pyrrole nitrogens is 1. The van der Waals surface area contributed by atoms with Gasteiger partial charge in [-0.25, -0.2) is 4.98 Å². The Labute approximate surface area is 88.5 Å². The zero-order valence-electron chi connectivity index (χ0n) is 8.73. The highest BCUT2D eigenvalue weighted by Gasteiger charge is 2.28. The van der Waals surface area contributed by atoms with E-state index in [2.05, 4.69) is 23.0 Å². The molecule has 1 aromatic carbocycles. The van der Waals surface area contributed by atoms with E-state index < -0.39 is 0 Å². The van der Waals surface area contributed by atoms with Crippen molar-refractivity contribution >= 4 is 11.0 Å². The van der Waals surface area contributed by atoms with Gasteiger partial charge in [-0.2, -0.15) is 0 Å². The minimum atomic E-state index is 0.283. The van der Waals surface area contributed by atoms with Crippen molar-refractivity contribution in [1.82, 2.24) is 9.97 Å². The Morgan fingerprint density at radius 3 is 3.00 bits per heavy atom. The van der Waals surface area contributed by atoms with E-state index in [1.165, 1.54) is 0 Å². The van der Waals surface area contributed by atoms with Crippen LogP contribution in [0.2, 0.25) is 0 Å². The van der Waals surface area contributed by atoms with Gasteiger partial charge in [0.25, 0.3) is 0 Å². The third kappa shape index (κ3) is 1.43. The van der Waals surface area contributed by atoms with Crippen LogP contribution in [0.25, 0.3) is 11.0 Å². The average Bonchev–Trinajstić information content (AvgIpc) is 2.82. The van der Waals surface area contributed by atoms with Crippen LogP contribution in [0.5, 0.6) is 0 Å². The summed E-state index contributed by atoms with van der Waals surface area (Å²) in [6.07, 6.45) is 1.35. The van der Waals surface area contributed by atoms with Crippen LogP contribution >= 0.6 is 0 Å².